The van der Waals surface area contributed by atoms with Gasteiger partial charge >= 0.3 is 12.1 Å². The number of ether oxygens (including phenoxy) is 1. The Morgan fingerprint density at radius 2 is 1.63 bits per heavy atom. The maximum Gasteiger partial charge on any atom is 0.411 e. The molecule has 1 unspecified atom stereocenters. The quantitative estimate of drug-likeness (QED) is 0.590. The van der Waals surface area contributed by atoms with Crippen molar-refractivity contribution in [2.75, 3.05) is 25.0 Å². The highest BCUT2D eigenvalue weighted by Crippen LogP contribution is 2.52. The zero-order valence-electron chi connectivity index (χ0n) is 19.0. The minimum absolute atomic E-state index is 0.00298. The van der Waals surface area contributed by atoms with Crippen molar-refractivity contribution in [2.45, 2.75) is 5.92 Å². The normalized spacial score (nSPS) is 21.7. The van der Waals surface area contributed by atoms with Crippen LogP contribution in [0.5, 0.6) is 0 Å². The molecule has 178 valence electrons. The van der Waals surface area contributed by atoms with Gasteiger partial charge in [-0.2, -0.15) is 5.10 Å². The number of nitrogens with one attached hydrogen (secondary N) is 1. The lowest BCUT2D eigenvalue weighted by atomic mass is 9.98. The summed E-state index contributed by atoms with van der Waals surface area (Å²) >= 11 is 0. The molecule has 2 amide bonds. The van der Waals surface area contributed by atoms with Gasteiger partial charge in [-0.3, -0.25) is 19.6 Å². The fraction of sp³-hybridized carbons (Fsp3) is 0.308. The SMILES string of the molecule is Cn1ncc(NC(=O)OCC2c3ccccc3-c3ccccc32)c1C(=O)N1C[C@@H]2C(C(=O)O)[C@@H]2C1. The van der Waals surface area contributed by atoms with Crippen LogP contribution in [0.3, 0.4) is 0 Å². The van der Waals surface area contributed by atoms with E-state index >= 15 is 0 Å². The summed E-state index contributed by atoms with van der Waals surface area (Å²) in [7, 11) is 1.63. The summed E-state index contributed by atoms with van der Waals surface area (Å²) in [6, 6.07) is 16.2. The number of aliphatic carboxylic acids is 1. The minimum atomic E-state index is -0.801. The predicted octanol–water partition coefficient (Wildman–Crippen LogP) is 3.18. The average Bonchev–Trinajstić information content (AvgIpc) is 3.14. The zero-order valence-corrected chi connectivity index (χ0v) is 19.0. The van der Waals surface area contributed by atoms with Crippen LogP contribution in [0, 0.1) is 17.8 Å². The summed E-state index contributed by atoms with van der Waals surface area (Å²) in [6.45, 7) is 0.960. The highest BCUT2D eigenvalue weighted by Gasteiger charge is 2.60. The second-order valence-corrected chi connectivity index (χ2v) is 9.38. The number of carbonyl (C=O) groups is 3. The molecule has 3 aliphatic rings. The van der Waals surface area contributed by atoms with E-state index in [-0.39, 0.29) is 47.6 Å². The Bertz CT molecular complexity index is 1310. The first-order valence-electron chi connectivity index (χ1n) is 11.6. The third-order valence-electron chi connectivity index (χ3n) is 7.49. The maximum atomic E-state index is 13.1. The fourth-order valence-corrected chi connectivity index (χ4v) is 5.74. The number of aromatic nitrogens is 2. The number of rotatable bonds is 5. The maximum absolute atomic E-state index is 13.1. The Labute approximate surface area is 201 Å². The number of carbonyl (C=O) groups excluding carboxylic acids is 2. The summed E-state index contributed by atoms with van der Waals surface area (Å²) in [5.74, 6) is -1.50. The molecule has 35 heavy (non-hydrogen) atoms. The van der Waals surface area contributed by atoms with Crippen LogP contribution >= 0.6 is 0 Å². The Kier molecular flexibility index (Phi) is 4.87. The van der Waals surface area contributed by atoms with Crippen molar-refractivity contribution < 1.29 is 24.2 Å². The van der Waals surface area contributed by atoms with Crippen LogP contribution in [-0.4, -0.2) is 57.5 Å². The van der Waals surface area contributed by atoms with Gasteiger partial charge in [0, 0.05) is 26.1 Å². The van der Waals surface area contributed by atoms with Crippen LogP contribution in [0.1, 0.15) is 27.5 Å². The molecular formula is C26H24N4O5. The summed E-state index contributed by atoms with van der Waals surface area (Å²) in [6.07, 6.45) is 0.759. The summed E-state index contributed by atoms with van der Waals surface area (Å²) in [5, 5.41) is 16.0. The molecule has 0 bridgehead atoms. The lowest BCUT2D eigenvalue weighted by Gasteiger charge is -2.20. The number of benzene rings is 2. The van der Waals surface area contributed by atoms with Crippen LogP contribution in [-0.2, 0) is 16.6 Å². The van der Waals surface area contributed by atoms with E-state index in [1.165, 1.54) is 10.9 Å². The van der Waals surface area contributed by atoms with Crippen molar-refractivity contribution in [1.82, 2.24) is 14.7 Å². The van der Waals surface area contributed by atoms with Crippen molar-refractivity contribution in [1.29, 1.82) is 0 Å². The Balaban J connectivity index is 1.13. The number of hydrogen-bond acceptors (Lipinski definition) is 5. The summed E-state index contributed by atoms with van der Waals surface area (Å²) < 4.78 is 7.02. The van der Waals surface area contributed by atoms with E-state index in [1.54, 1.807) is 11.9 Å². The number of anilines is 1. The van der Waals surface area contributed by atoms with Crippen molar-refractivity contribution >= 4 is 23.7 Å². The molecule has 9 heteroatoms. The van der Waals surface area contributed by atoms with Crippen LogP contribution in [0.25, 0.3) is 11.1 Å². The molecular weight excluding hydrogens is 448 g/mol. The number of amides is 2. The van der Waals surface area contributed by atoms with E-state index in [1.807, 2.05) is 24.3 Å². The average molecular weight is 473 g/mol. The van der Waals surface area contributed by atoms with Gasteiger partial charge in [0.2, 0.25) is 0 Å². The summed E-state index contributed by atoms with van der Waals surface area (Å²) in [5.41, 5.74) is 5.03. The highest BCUT2D eigenvalue weighted by atomic mass is 16.5. The number of fused-ring (bicyclic) bond motifs is 4. The number of likely N-dealkylation sites (tertiary alicyclic amines) is 1. The number of aryl methyl sites for hydroxylation is 1. The zero-order chi connectivity index (χ0) is 24.3. The van der Waals surface area contributed by atoms with E-state index in [0.29, 0.717) is 13.1 Å². The Hall–Kier alpha value is -4.14. The van der Waals surface area contributed by atoms with Crippen molar-refractivity contribution in [3.63, 3.8) is 0 Å². The van der Waals surface area contributed by atoms with E-state index in [4.69, 9.17) is 4.74 Å². The number of carboxylic acids is 1. The van der Waals surface area contributed by atoms with Gasteiger partial charge < -0.3 is 14.7 Å². The van der Waals surface area contributed by atoms with Crippen molar-refractivity contribution in [3.8, 4) is 11.1 Å². The molecule has 2 fully saturated rings. The summed E-state index contributed by atoms with van der Waals surface area (Å²) in [4.78, 5) is 38.7. The molecule has 3 atom stereocenters. The van der Waals surface area contributed by atoms with Gasteiger partial charge in [-0.1, -0.05) is 48.5 Å². The van der Waals surface area contributed by atoms with Gasteiger partial charge in [-0.25, -0.2) is 4.79 Å². The first-order chi connectivity index (χ1) is 16.9. The molecule has 9 nitrogen and oxygen atoms in total. The molecule has 3 aromatic rings. The van der Waals surface area contributed by atoms with Crippen LogP contribution in [0.4, 0.5) is 10.5 Å². The van der Waals surface area contributed by atoms with Gasteiger partial charge in [-0.05, 0) is 34.1 Å². The molecule has 2 heterocycles. The molecule has 2 aromatic carbocycles. The number of piperidine rings is 1. The topological polar surface area (TPSA) is 114 Å². The minimum Gasteiger partial charge on any atom is -0.481 e. The largest absolute Gasteiger partial charge is 0.481 e. The third kappa shape index (κ3) is 3.46. The first kappa shape index (κ1) is 21.4. The van der Waals surface area contributed by atoms with Crippen molar-refractivity contribution in [3.05, 3.63) is 71.5 Å². The lowest BCUT2D eigenvalue weighted by molar-refractivity contribution is -0.139. The van der Waals surface area contributed by atoms with Crippen LogP contribution in [0.15, 0.2) is 54.7 Å². The van der Waals surface area contributed by atoms with Crippen LogP contribution in [0.2, 0.25) is 0 Å². The van der Waals surface area contributed by atoms with Gasteiger partial charge in [0.05, 0.1) is 17.8 Å². The van der Waals surface area contributed by atoms with E-state index in [0.717, 1.165) is 22.3 Å². The van der Waals surface area contributed by atoms with Crippen molar-refractivity contribution in [2.24, 2.45) is 24.8 Å². The number of hydrogen-bond donors (Lipinski definition) is 2. The molecule has 2 aliphatic carbocycles. The van der Waals surface area contributed by atoms with E-state index in [9.17, 15) is 19.5 Å². The highest BCUT2D eigenvalue weighted by molar-refractivity contribution is 6.01. The lowest BCUT2D eigenvalue weighted by Crippen LogP contribution is -2.34. The monoisotopic (exact) mass is 472 g/mol. The molecule has 6 rings (SSSR count). The molecule has 1 aliphatic heterocycles. The molecule has 1 aromatic heterocycles. The first-order valence-corrected chi connectivity index (χ1v) is 11.6. The standard InChI is InChI=1S/C26H24N4O5/c1-29-23(24(31)30-11-18-19(12-30)22(18)25(32)33)21(10-27-29)28-26(34)35-13-20-16-8-4-2-6-14(16)15-7-3-5-9-17(15)20/h2-10,18-20,22H,11-13H2,1H3,(H,28,34)(H,32,33)/t18-,19+,22?. The fourth-order valence-electron chi connectivity index (χ4n) is 5.74. The second kappa shape index (κ2) is 7.97. The second-order valence-electron chi connectivity index (χ2n) is 9.38. The number of carboxylic acid groups (broad SMARTS) is 1. The van der Waals surface area contributed by atoms with E-state index in [2.05, 4.69) is 34.7 Å². The molecule has 1 saturated carbocycles. The van der Waals surface area contributed by atoms with Gasteiger partial charge in [0.1, 0.15) is 12.3 Å². The molecule has 1 saturated heterocycles. The molecule has 0 radical (unpaired) electrons. The van der Waals surface area contributed by atoms with Crippen LogP contribution < -0.4 is 5.32 Å². The predicted molar refractivity (Wildman–Crippen MR) is 126 cm³/mol. The third-order valence-corrected chi connectivity index (χ3v) is 7.49. The van der Waals surface area contributed by atoms with Gasteiger partial charge in [0.15, 0.2) is 0 Å². The molecule has 2 N–H and O–H groups in total. The van der Waals surface area contributed by atoms with Gasteiger partial charge in [-0.15, -0.1) is 0 Å². The Morgan fingerprint density at radius 1 is 1.03 bits per heavy atom. The Morgan fingerprint density at radius 3 is 2.23 bits per heavy atom. The van der Waals surface area contributed by atoms with Gasteiger partial charge in [0.25, 0.3) is 5.91 Å². The number of nitrogens with zero attached hydrogens (tertiary/aromatic N) is 3. The smallest absolute Gasteiger partial charge is 0.411 e. The molecule has 0 spiro atoms. The van der Waals surface area contributed by atoms with E-state index < -0.39 is 12.1 Å².